The molecule has 0 unspecified atom stereocenters. The van der Waals surface area contributed by atoms with Crippen LogP contribution in [-0.4, -0.2) is 53.7 Å². The van der Waals surface area contributed by atoms with Gasteiger partial charge in [-0.3, -0.25) is 0 Å². The summed E-state index contributed by atoms with van der Waals surface area (Å²) in [5, 5.41) is 14.2. The van der Waals surface area contributed by atoms with E-state index in [0.29, 0.717) is 0 Å². The first-order chi connectivity index (χ1) is 30.7. The van der Waals surface area contributed by atoms with Gasteiger partial charge in [-0.2, -0.15) is 0 Å². The molecule has 6 aromatic carbocycles. The average Bonchev–Trinajstić information content (AvgIpc) is 3.82. The third kappa shape index (κ3) is 10.5. The van der Waals surface area contributed by atoms with Gasteiger partial charge in [-0.1, -0.05) is 257 Å². The first-order valence-electron chi connectivity index (χ1n) is 23.8. The number of hydrogen-bond donors (Lipinski definition) is 2. The summed E-state index contributed by atoms with van der Waals surface area (Å²) in [5.74, 6) is 1.89. The van der Waals surface area contributed by atoms with E-state index in [9.17, 15) is 0 Å². The van der Waals surface area contributed by atoms with Crippen molar-refractivity contribution >= 4 is 65.0 Å². The molecule has 4 atom stereocenters. The molecule has 0 saturated heterocycles. The number of guanidine groups is 2. The Morgan fingerprint density at radius 1 is 0.492 bits per heavy atom. The van der Waals surface area contributed by atoms with Gasteiger partial charge >= 0.3 is 5.96 Å². The zero-order chi connectivity index (χ0) is 46.3. The molecule has 0 radical (unpaired) electrons. The van der Waals surface area contributed by atoms with Crippen LogP contribution in [0.3, 0.4) is 0 Å². The summed E-state index contributed by atoms with van der Waals surface area (Å²) in [5.41, 5.74) is 7.79. The van der Waals surface area contributed by atoms with Gasteiger partial charge in [0.05, 0.1) is 51.4 Å². The number of nitrogens with one attached hydrogen (secondary N) is 2. The van der Waals surface area contributed by atoms with E-state index in [1.165, 1.54) is 54.1 Å². The predicted octanol–water partition coefficient (Wildman–Crippen LogP) is 10.8. The highest BCUT2D eigenvalue weighted by molar-refractivity contribution is 6.92. The van der Waals surface area contributed by atoms with E-state index < -0.39 is 32.3 Å². The molecule has 2 N–H and O–H groups in total. The fourth-order valence-electron chi connectivity index (χ4n) is 9.47. The van der Waals surface area contributed by atoms with E-state index >= 15 is 0 Å². The Morgan fingerprint density at radius 2 is 0.892 bits per heavy atom. The Hall–Kier alpha value is -5.07. The average molecular weight is 928 g/mol. The summed E-state index contributed by atoms with van der Waals surface area (Å²) < 4.78 is 2.70. The van der Waals surface area contributed by atoms with Crippen molar-refractivity contribution in [2.75, 3.05) is 0 Å². The summed E-state index contributed by atoms with van der Waals surface area (Å²) >= 11 is 0. The lowest BCUT2D eigenvalue weighted by atomic mass is 9.92. The zero-order valence-electron chi connectivity index (χ0n) is 41.1. The van der Waals surface area contributed by atoms with Gasteiger partial charge in [-0.05, 0) is 33.4 Å². The lowest BCUT2D eigenvalue weighted by Crippen LogP contribution is -2.49. The summed E-state index contributed by atoms with van der Waals surface area (Å²) in [4.78, 5) is 8.28. The van der Waals surface area contributed by atoms with Crippen LogP contribution in [-0.2, 0) is 13.1 Å². The Bertz CT molecular complexity index is 2590. The number of aliphatic imine (C=N–C) groups is 1. The van der Waals surface area contributed by atoms with Gasteiger partial charge in [-0.25, -0.2) is 19.8 Å². The fraction of sp³-hybridized carbons (Fsp3) is 0.321. The smallest absolute Gasteiger partial charge is 0.334 e. The van der Waals surface area contributed by atoms with Crippen molar-refractivity contribution in [1.29, 1.82) is 0 Å². The monoisotopic (exact) mass is 926 g/mol. The second-order valence-electron chi connectivity index (χ2n) is 22.6. The van der Waals surface area contributed by atoms with Crippen LogP contribution in [0.4, 0.5) is 0 Å². The standard InChI is InChI=1S/C56H71N5Si4/c1-62(2,3)47-33-41(34-48(37-47)63(4,5)6)39-60-53(45-29-21-15-22-30-45)54(46-31-23-16-24-32-46)61(40-42-35-49(64(7,8)9)38-50(36-42)65(10,11)12)56(60)59-55-57-51(43-25-17-13-18-26-43)52(58-55)44-27-19-14-20-28-44/h13-38,51-54H,39-40H2,1-12H3,(H,57,58)/p+1/t51-,52-,53-,54-/m0/s1. The minimum Gasteiger partial charge on any atom is -0.334 e. The molecule has 2 aliphatic rings. The molecule has 0 aromatic heterocycles. The predicted molar refractivity (Wildman–Crippen MR) is 290 cm³/mol. The first kappa shape index (κ1) is 46.5. The Labute approximate surface area is 394 Å². The first-order valence-corrected chi connectivity index (χ1v) is 37.8. The second kappa shape index (κ2) is 18.3. The maximum Gasteiger partial charge on any atom is 0.357 e. The van der Waals surface area contributed by atoms with Crippen LogP contribution >= 0.6 is 0 Å². The molecular formula is C56H72N5Si4+. The van der Waals surface area contributed by atoms with Gasteiger partial charge in [0.2, 0.25) is 0 Å². The van der Waals surface area contributed by atoms with Gasteiger partial charge in [0.15, 0.2) is 0 Å². The summed E-state index contributed by atoms with van der Waals surface area (Å²) in [7, 11) is -6.65. The van der Waals surface area contributed by atoms with Crippen LogP contribution in [0.5, 0.6) is 0 Å². The zero-order valence-corrected chi connectivity index (χ0v) is 45.1. The molecule has 0 amide bonds. The molecule has 0 spiro atoms. The van der Waals surface area contributed by atoms with Crippen molar-refractivity contribution in [2.24, 2.45) is 4.99 Å². The van der Waals surface area contributed by atoms with E-state index in [-0.39, 0.29) is 24.2 Å². The molecule has 0 fully saturated rings. The van der Waals surface area contributed by atoms with Gasteiger partial charge < -0.3 is 5.32 Å². The molecule has 2 aliphatic heterocycles. The summed E-state index contributed by atoms with van der Waals surface area (Å²) in [6.45, 7) is 31.4. The van der Waals surface area contributed by atoms with E-state index in [0.717, 1.165) is 25.0 Å². The van der Waals surface area contributed by atoms with Crippen molar-refractivity contribution in [1.82, 2.24) is 15.5 Å². The van der Waals surface area contributed by atoms with Gasteiger partial charge in [-0.15, -0.1) is 0 Å². The topological polar surface area (TPSA) is 42.7 Å². The van der Waals surface area contributed by atoms with Crippen molar-refractivity contribution in [3.8, 4) is 0 Å². The highest BCUT2D eigenvalue weighted by Gasteiger charge is 2.50. The largest absolute Gasteiger partial charge is 0.357 e. The molecule has 6 aromatic rings. The Balaban J connectivity index is 1.38. The van der Waals surface area contributed by atoms with E-state index in [4.69, 9.17) is 4.99 Å². The summed E-state index contributed by atoms with van der Waals surface area (Å²) in [6, 6.07) is 59.4. The van der Waals surface area contributed by atoms with Gasteiger partial charge in [0, 0.05) is 0 Å². The lowest BCUT2D eigenvalue weighted by Gasteiger charge is -2.28. The number of benzene rings is 6. The molecule has 0 aliphatic carbocycles. The van der Waals surface area contributed by atoms with Crippen LogP contribution < -0.4 is 31.4 Å². The minimum absolute atomic E-state index is 0.000415. The van der Waals surface area contributed by atoms with Crippen LogP contribution in [0.15, 0.2) is 163 Å². The highest BCUT2D eigenvalue weighted by atomic mass is 28.3. The second-order valence-corrected chi connectivity index (χ2v) is 42.9. The SMILES string of the molecule is C[Si](C)(C)c1cc(CN2C(NC3=N[C@@H](c4ccccc4)[C@H](c4ccccc4)N3)=[N+](Cc3cc([Si](C)(C)C)cc([Si](C)(C)C)c3)[C@@H](c3ccccc3)[C@@H]2c2ccccc2)cc([Si](C)(C)C)c1. The van der Waals surface area contributed by atoms with E-state index in [1.807, 2.05) is 0 Å². The maximum atomic E-state index is 5.59. The Kier molecular flexibility index (Phi) is 13.1. The van der Waals surface area contributed by atoms with Crippen molar-refractivity contribution in [3.05, 3.63) is 191 Å². The number of nitrogens with zero attached hydrogens (tertiary/aromatic N) is 3. The molecule has 0 bridgehead atoms. The van der Waals surface area contributed by atoms with E-state index in [1.54, 1.807) is 0 Å². The van der Waals surface area contributed by atoms with Gasteiger partial charge in [0.1, 0.15) is 18.1 Å². The third-order valence-electron chi connectivity index (χ3n) is 13.4. The van der Waals surface area contributed by atoms with Crippen molar-refractivity contribution < 1.29 is 4.58 Å². The van der Waals surface area contributed by atoms with Crippen LogP contribution in [0.2, 0.25) is 78.6 Å². The summed E-state index contributed by atoms with van der Waals surface area (Å²) in [6.07, 6.45) is 0. The Morgan fingerprint density at radius 3 is 1.34 bits per heavy atom. The molecule has 65 heavy (non-hydrogen) atoms. The molecule has 8 rings (SSSR count). The van der Waals surface area contributed by atoms with Crippen LogP contribution in [0, 0.1) is 0 Å². The normalized spacial score (nSPS) is 19.3. The molecule has 5 nitrogen and oxygen atoms in total. The van der Waals surface area contributed by atoms with Crippen molar-refractivity contribution in [2.45, 2.75) is 116 Å². The van der Waals surface area contributed by atoms with Crippen molar-refractivity contribution in [3.63, 3.8) is 0 Å². The lowest BCUT2D eigenvalue weighted by molar-refractivity contribution is -0.583. The van der Waals surface area contributed by atoms with Gasteiger partial charge in [0.25, 0.3) is 5.96 Å². The molecular weight excluding hydrogens is 855 g/mol. The minimum atomic E-state index is -1.66. The molecule has 336 valence electrons. The molecule has 2 heterocycles. The maximum absolute atomic E-state index is 5.59. The molecule has 0 saturated carbocycles. The van der Waals surface area contributed by atoms with E-state index in [2.05, 4.69) is 256 Å². The highest BCUT2D eigenvalue weighted by Crippen LogP contribution is 2.43. The third-order valence-corrected chi connectivity index (χ3v) is 21.4. The number of rotatable bonds is 12. The van der Waals surface area contributed by atoms with Crippen LogP contribution in [0.1, 0.15) is 57.5 Å². The number of hydrogen-bond acceptors (Lipinski definition) is 4. The van der Waals surface area contributed by atoms with Crippen LogP contribution in [0.25, 0.3) is 0 Å². The molecule has 9 heteroatoms. The quantitative estimate of drug-likeness (QED) is 0.0949. The fourth-order valence-corrected chi connectivity index (χ4v) is 14.6.